The van der Waals surface area contributed by atoms with E-state index in [9.17, 15) is 14.4 Å². The summed E-state index contributed by atoms with van der Waals surface area (Å²) in [6.45, 7) is 1.47. The van der Waals surface area contributed by atoms with Gasteiger partial charge in [-0.2, -0.15) is 0 Å². The Morgan fingerprint density at radius 1 is 0.700 bits per heavy atom. The van der Waals surface area contributed by atoms with Crippen LogP contribution in [0.2, 0.25) is 0 Å². The topological polar surface area (TPSA) is 51.2 Å². The molecule has 100 valence electrons. The maximum absolute atomic E-state index is 12.0. The van der Waals surface area contributed by atoms with Crippen molar-refractivity contribution in [2.75, 3.05) is 0 Å². The molecule has 2 rings (SSSR count). The van der Waals surface area contributed by atoms with Crippen molar-refractivity contribution < 1.29 is 14.4 Å². The van der Waals surface area contributed by atoms with Crippen molar-refractivity contribution in [1.82, 2.24) is 0 Å². The SMILES string of the molecule is CC(=O)c1ccc(C(=O)CC(=O)c2ccccc2)cc1. The molecule has 0 amide bonds. The minimum absolute atomic E-state index is 0.0515. The first-order chi connectivity index (χ1) is 9.58. The Kier molecular flexibility index (Phi) is 4.20. The molecule has 0 bridgehead atoms. The molecule has 3 nitrogen and oxygen atoms in total. The number of rotatable bonds is 5. The Hall–Kier alpha value is -2.55. The second kappa shape index (κ2) is 6.06. The van der Waals surface area contributed by atoms with Crippen molar-refractivity contribution in [3.8, 4) is 0 Å². The molecule has 0 unspecified atom stereocenters. The van der Waals surface area contributed by atoms with Crippen LogP contribution in [0.1, 0.15) is 44.4 Å². The lowest BCUT2D eigenvalue weighted by atomic mass is 10.0. The summed E-state index contributed by atoms with van der Waals surface area (Å²) in [5.41, 5.74) is 1.52. The van der Waals surface area contributed by atoms with Crippen molar-refractivity contribution in [2.24, 2.45) is 0 Å². The third-order valence-electron chi connectivity index (χ3n) is 3.03. The van der Waals surface area contributed by atoms with Crippen molar-refractivity contribution >= 4 is 17.3 Å². The highest BCUT2D eigenvalue weighted by Crippen LogP contribution is 2.10. The second-order valence-corrected chi connectivity index (χ2v) is 4.52. The van der Waals surface area contributed by atoms with Gasteiger partial charge in [0, 0.05) is 16.7 Å². The van der Waals surface area contributed by atoms with Crippen LogP contribution in [0, 0.1) is 0 Å². The first-order valence-corrected chi connectivity index (χ1v) is 6.30. The van der Waals surface area contributed by atoms with E-state index < -0.39 is 0 Å². The predicted molar refractivity (Wildman–Crippen MR) is 76.2 cm³/mol. The number of hydrogen-bond acceptors (Lipinski definition) is 3. The van der Waals surface area contributed by atoms with Gasteiger partial charge in [0.05, 0.1) is 6.42 Å². The molecular formula is C17H14O3. The van der Waals surface area contributed by atoms with Gasteiger partial charge >= 0.3 is 0 Å². The maximum Gasteiger partial charge on any atom is 0.170 e. The molecule has 2 aromatic carbocycles. The Labute approximate surface area is 117 Å². The van der Waals surface area contributed by atoms with Gasteiger partial charge in [-0.05, 0) is 6.92 Å². The molecule has 0 N–H and O–H groups in total. The van der Waals surface area contributed by atoms with Crippen molar-refractivity contribution in [2.45, 2.75) is 13.3 Å². The molecule has 0 atom stereocenters. The first kappa shape index (κ1) is 13.9. The largest absolute Gasteiger partial charge is 0.295 e. The molecule has 0 aliphatic rings. The lowest BCUT2D eigenvalue weighted by Gasteiger charge is -2.02. The molecule has 0 saturated carbocycles. The molecule has 0 aliphatic heterocycles. The van der Waals surface area contributed by atoms with Crippen LogP contribution in [0.15, 0.2) is 54.6 Å². The average molecular weight is 266 g/mol. The third-order valence-corrected chi connectivity index (χ3v) is 3.03. The standard InChI is InChI=1S/C17H14O3/c1-12(18)13-7-9-15(10-8-13)17(20)11-16(19)14-5-3-2-4-6-14/h2-10H,11H2,1H3. The Morgan fingerprint density at radius 3 is 1.65 bits per heavy atom. The van der Waals surface area contributed by atoms with E-state index in [1.807, 2.05) is 6.07 Å². The summed E-state index contributed by atoms with van der Waals surface area (Å²) in [5, 5.41) is 0. The summed E-state index contributed by atoms with van der Waals surface area (Å²) in [4.78, 5) is 35.1. The smallest absolute Gasteiger partial charge is 0.170 e. The van der Waals surface area contributed by atoms with E-state index in [-0.39, 0.29) is 23.8 Å². The molecule has 0 spiro atoms. The van der Waals surface area contributed by atoms with Crippen LogP contribution in [0.25, 0.3) is 0 Å². The highest BCUT2D eigenvalue weighted by atomic mass is 16.1. The van der Waals surface area contributed by atoms with Gasteiger partial charge in [-0.25, -0.2) is 0 Å². The Bertz CT molecular complexity index is 640. The van der Waals surface area contributed by atoms with Crippen LogP contribution in [0.5, 0.6) is 0 Å². The maximum atomic E-state index is 12.0. The zero-order valence-corrected chi connectivity index (χ0v) is 11.1. The van der Waals surface area contributed by atoms with Crippen LogP contribution in [0.3, 0.4) is 0 Å². The number of ketones is 3. The molecular weight excluding hydrogens is 252 g/mol. The van der Waals surface area contributed by atoms with Gasteiger partial charge in [0.1, 0.15) is 0 Å². The van der Waals surface area contributed by atoms with Crippen molar-refractivity contribution in [1.29, 1.82) is 0 Å². The van der Waals surface area contributed by atoms with E-state index in [1.54, 1.807) is 48.5 Å². The predicted octanol–water partition coefficient (Wildman–Crippen LogP) is 3.34. The minimum Gasteiger partial charge on any atom is -0.295 e. The highest BCUT2D eigenvalue weighted by Gasteiger charge is 2.13. The van der Waals surface area contributed by atoms with E-state index in [2.05, 4.69) is 0 Å². The Morgan fingerprint density at radius 2 is 1.15 bits per heavy atom. The quantitative estimate of drug-likeness (QED) is 0.616. The normalized spacial score (nSPS) is 10.1. The third kappa shape index (κ3) is 3.26. The summed E-state index contributed by atoms with van der Waals surface area (Å²) < 4.78 is 0. The molecule has 0 saturated heterocycles. The summed E-state index contributed by atoms with van der Waals surface area (Å²) in [5.74, 6) is -0.496. The molecule has 0 heterocycles. The molecule has 20 heavy (non-hydrogen) atoms. The monoisotopic (exact) mass is 266 g/mol. The lowest BCUT2D eigenvalue weighted by molar-refractivity contribution is 0.0892. The van der Waals surface area contributed by atoms with E-state index in [1.165, 1.54) is 6.92 Å². The van der Waals surface area contributed by atoms with E-state index in [4.69, 9.17) is 0 Å². The number of carbonyl (C=O) groups is 3. The molecule has 2 aromatic rings. The van der Waals surface area contributed by atoms with Crippen molar-refractivity contribution in [3.63, 3.8) is 0 Å². The van der Waals surface area contributed by atoms with Crippen LogP contribution < -0.4 is 0 Å². The molecule has 0 radical (unpaired) electrons. The van der Waals surface area contributed by atoms with Gasteiger partial charge in [0.15, 0.2) is 17.3 Å². The van der Waals surface area contributed by atoms with E-state index in [0.717, 1.165) is 0 Å². The van der Waals surface area contributed by atoms with Gasteiger partial charge in [-0.1, -0.05) is 54.6 Å². The average Bonchev–Trinajstić information content (AvgIpc) is 2.48. The molecule has 0 aliphatic carbocycles. The molecule has 0 fully saturated rings. The van der Waals surface area contributed by atoms with Crippen LogP contribution in [-0.4, -0.2) is 17.3 Å². The molecule has 0 aromatic heterocycles. The highest BCUT2D eigenvalue weighted by molar-refractivity contribution is 6.13. The minimum atomic E-state index is -0.242. The summed E-state index contributed by atoms with van der Waals surface area (Å²) in [7, 11) is 0. The Balaban J connectivity index is 2.08. The van der Waals surface area contributed by atoms with Crippen molar-refractivity contribution in [3.05, 3.63) is 71.3 Å². The second-order valence-electron chi connectivity index (χ2n) is 4.52. The van der Waals surface area contributed by atoms with Crippen LogP contribution in [0.4, 0.5) is 0 Å². The molecule has 3 heteroatoms. The number of hydrogen-bond donors (Lipinski definition) is 0. The fourth-order valence-corrected chi connectivity index (χ4v) is 1.86. The van der Waals surface area contributed by atoms with E-state index in [0.29, 0.717) is 16.7 Å². The number of carbonyl (C=O) groups excluding carboxylic acids is 3. The fourth-order valence-electron chi connectivity index (χ4n) is 1.86. The lowest BCUT2D eigenvalue weighted by Crippen LogP contribution is -2.08. The fraction of sp³-hybridized carbons (Fsp3) is 0.118. The zero-order chi connectivity index (χ0) is 14.5. The summed E-state index contributed by atoms with van der Waals surface area (Å²) in [6, 6.07) is 15.1. The summed E-state index contributed by atoms with van der Waals surface area (Å²) >= 11 is 0. The number of Topliss-reactive ketones (excluding diaryl/α,β-unsaturated/α-hetero) is 3. The number of benzene rings is 2. The first-order valence-electron chi connectivity index (χ1n) is 6.30. The van der Waals surface area contributed by atoms with Gasteiger partial charge in [-0.15, -0.1) is 0 Å². The van der Waals surface area contributed by atoms with Crippen LogP contribution in [-0.2, 0) is 0 Å². The van der Waals surface area contributed by atoms with Gasteiger partial charge in [-0.3, -0.25) is 14.4 Å². The zero-order valence-electron chi connectivity index (χ0n) is 11.1. The van der Waals surface area contributed by atoms with Gasteiger partial charge < -0.3 is 0 Å². The summed E-state index contributed by atoms with van der Waals surface area (Å²) in [6.07, 6.45) is -0.163. The van der Waals surface area contributed by atoms with E-state index >= 15 is 0 Å². The van der Waals surface area contributed by atoms with Crippen LogP contribution >= 0.6 is 0 Å². The van der Waals surface area contributed by atoms with Gasteiger partial charge in [0.25, 0.3) is 0 Å². The van der Waals surface area contributed by atoms with Gasteiger partial charge in [0.2, 0.25) is 0 Å².